The SMILES string of the molecule is O=C(CN1CCN(Cc2cccs2)CC1)NCC1(N2CCOCC2)CCCCC1. The molecule has 3 heterocycles. The summed E-state index contributed by atoms with van der Waals surface area (Å²) in [6.07, 6.45) is 6.29. The molecule has 4 rings (SSSR count). The van der Waals surface area contributed by atoms with Crippen molar-refractivity contribution in [3.8, 4) is 0 Å². The summed E-state index contributed by atoms with van der Waals surface area (Å²) in [5.74, 6) is 0.190. The fourth-order valence-electron chi connectivity index (χ4n) is 5.10. The second-order valence-corrected chi connectivity index (χ2v) is 9.83. The highest BCUT2D eigenvalue weighted by atomic mass is 32.1. The van der Waals surface area contributed by atoms with Gasteiger partial charge in [0, 0.05) is 62.8 Å². The van der Waals surface area contributed by atoms with E-state index in [2.05, 4.69) is 37.5 Å². The van der Waals surface area contributed by atoms with E-state index >= 15 is 0 Å². The van der Waals surface area contributed by atoms with Crippen molar-refractivity contribution in [3.05, 3.63) is 22.4 Å². The number of morpholine rings is 1. The van der Waals surface area contributed by atoms with Crippen molar-refractivity contribution in [1.29, 1.82) is 0 Å². The molecule has 1 aromatic rings. The first-order valence-corrected chi connectivity index (χ1v) is 12.2. The van der Waals surface area contributed by atoms with E-state index in [9.17, 15) is 4.79 Å². The van der Waals surface area contributed by atoms with Crippen LogP contribution < -0.4 is 5.32 Å². The fraction of sp³-hybridized carbons (Fsp3) is 0.773. The first-order chi connectivity index (χ1) is 14.2. The third-order valence-corrected chi connectivity index (χ3v) is 7.73. The molecule has 7 heteroatoms. The number of thiophene rings is 1. The highest BCUT2D eigenvalue weighted by Crippen LogP contribution is 2.33. The summed E-state index contributed by atoms with van der Waals surface area (Å²) in [5.41, 5.74) is 0.150. The number of nitrogens with zero attached hydrogens (tertiary/aromatic N) is 3. The number of hydrogen-bond donors (Lipinski definition) is 1. The van der Waals surface area contributed by atoms with Gasteiger partial charge in [-0.15, -0.1) is 11.3 Å². The number of carbonyl (C=O) groups is 1. The lowest BCUT2D eigenvalue weighted by Gasteiger charge is -2.48. The van der Waals surface area contributed by atoms with E-state index in [1.54, 1.807) is 0 Å². The number of carbonyl (C=O) groups excluding carboxylic acids is 1. The van der Waals surface area contributed by atoms with Crippen LogP contribution in [0.2, 0.25) is 0 Å². The summed E-state index contributed by atoms with van der Waals surface area (Å²) < 4.78 is 5.56. The van der Waals surface area contributed by atoms with Gasteiger partial charge in [-0.2, -0.15) is 0 Å². The summed E-state index contributed by atoms with van der Waals surface area (Å²) >= 11 is 1.83. The van der Waals surface area contributed by atoms with Crippen molar-refractivity contribution in [2.45, 2.75) is 44.2 Å². The molecule has 1 N–H and O–H groups in total. The Morgan fingerprint density at radius 1 is 1.03 bits per heavy atom. The van der Waals surface area contributed by atoms with Gasteiger partial charge in [0.15, 0.2) is 0 Å². The van der Waals surface area contributed by atoms with Gasteiger partial charge in [0.2, 0.25) is 5.91 Å². The molecule has 1 aromatic heterocycles. The Morgan fingerprint density at radius 2 is 1.76 bits per heavy atom. The van der Waals surface area contributed by atoms with Gasteiger partial charge in [-0.1, -0.05) is 25.3 Å². The molecule has 1 aliphatic carbocycles. The molecule has 6 nitrogen and oxygen atoms in total. The van der Waals surface area contributed by atoms with Crippen LogP contribution in [0.4, 0.5) is 0 Å². The zero-order valence-electron chi connectivity index (χ0n) is 17.6. The number of hydrogen-bond acceptors (Lipinski definition) is 6. The Bertz CT molecular complexity index is 619. The van der Waals surface area contributed by atoms with Crippen molar-refractivity contribution >= 4 is 17.2 Å². The summed E-state index contributed by atoms with van der Waals surface area (Å²) in [4.78, 5) is 21.5. The van der Waals surface area contributed by atoms with Gasteiger partial charge in [-0.05, 0) is 24.3 Å². The van der Waals surface area contributed by atoms with Crippen LogP contribution in [0.1, 0.15) is 37.0 Å². The van der Waals surface area contributed by atoms with E-state index in [1.165, 1.54) is 37.0 Å². The Morgan fingerprint density at radius 3 is 2.45 bits per heavy atom. The monoisotopic (exact) mass is 420 g/mol. The first kappa shape index (κ1) is 21.2. The Labute approximate surface area is 179 Å². The van der Waals surface area contributed by atoms with Crippen molar-refractivity contribution in [2.24, 2.45) is 0 Å². The lowest BCUT2D eigenvalue weighted by Crippen LogP contribution is -2.60. The van der Waals surface area contributed by atoms with E-state index in [0.717, 1.165) is 65.6 Å². The molecule has 0 bridgehead atoms. The zero-order chi connectivity index (χ0) is 19.9. The Hall–Kier alpha value is -0.990. The number of piperazine rings is 1. The molecule has 2 aliphatic heterocycles. The average molecular weight is 421 g/mol. The third kappa shape index (κ3) is 5.79. The van der Waals surface area contributed by atoms with E-state index in [4.69, 9.17) is 4.74 Å². The van der Waals surface area contributed by atoms with E-state index in [0.29, 0.717) is 6.54 Å². The van der Waals surface area contributed by atoms with Gasteiger partial charge < -0.3 is 10.1 Å². The van der Waals surface area contributed by atoms with Gasteiger partial charge in [0.25, 0.3) is 0 Å². The molecule has 1 saturated carbocycles. The van der Waals surface area contributed by atoms with E-state index < -0.39 is 0 Å². The lowest BCUT2D eigenvalue weighted by molar-refractivity contribution is -0.124. The highest BCUT2D eigenvalue weighted by Gasteiger charge is 2.38. The van der Waals surface area contributed by atoms with Crippen molar-refractivity contribution in [1.82, 2.24) is 20.0 Å². The Balaban J connectivity index is 1.21. The molecule has 0 spiro atoms. The third-order valence-electron chi connectivity index (χ3n) is 6.87. The average Bonchev–Trinajstić information content (AvgIpc) is 3.28. The lowest BCUT2D eigenvalue weighted by atomic mass is 9.79. The van der Waals surface area contributed by atoms with Gasteiger partial charge in [0.05, 0.1) is 19.8 Å². The quantitative estimate of drug-likeness (QED) is 0.731. The molecule has 0 aromatic carbocycles. The topological polar surface area (TPSA) is 48.1 Å². The minimum absolute atomic E-state index is 0.150. The molecule has 2 saturated heterocycles. The zero-order valence-corrected chi connectivity index (χ0v) is 18.4. The number of nitrogens with one attached hydrogen (secondary N) is 1. The fourth-order valence-corrected chi connectivity index (χ4v) is 5.85. The largest absolute Gasteiger partial charge is 0.379 e. The Kier molecular flexibility index (Phi) is 7.59. The number of rotatable bonds is 7. The summed E-state index contributed by atoms with van der Waals surface area (Å²) in [6.45, 7) is 10.1. The van der Waals surface area contributed by atoms with Crippen LogP contribution in [0.25, 0.3) is 0 Å². The van der Waals surface area contributed by atoms with Crippen LogP contribution in [0.15, 0.2) is 17.5 Å². The van der Waals surface area contributed by atoms with Crippen LogP contribution in [-0.4, -0.2) is 91.7 Å². The second kappa shape index (κ2) is 10.4. The highest BCUT2D eigenvalue weighted by molar-refractivity contribution is 7.09. The smallest absolute Gasteiger partial charge is 0.234 e. The molecule has 3 fully saturated rings. The first-order valence-electron chi connectivity index (χ1n) is 11.3. The summed E-state index contributed by atoms with van der Waals surface area (Å²) in [7, 11) is 0. The van der Waals surface area contributed by atoms with Crippen LogP contribution in [-0.2, 0) is 16.1 Å². The van der Waals surface area contributed by atoms with Crippen LogP contribution in [0, 0.1) is 0 Å². The van der Waals surface area contributed by atoms with E-state index in [1.807, 2.05) is 11.3 Å². The summed E-state index contributed by atoms with van der Waals surface area (Å²) in [5, 5.41) is 5.46. The maximum atomic E-state index is 12.7. The van der Waals surface area contributed by atoms with E-state index in [-0.39, 0.29) is 11.4 Å². The molecule has 0 unspecified atom stereocenters. The predicted octanol–water partition coefficient (Wildman–Crippen LogP) is 2.02. The van der Waals surface area contributed by atoms with Crippen molar-refractivity contribution < 1.29 is 9.53 Å². The maximum absolute atomic E-state index is 12.7. The second-order valence-electron chi connectivity index (χ2n) is 8.79. The van der Waals surface area contributed by atoms with Crippen LogP contribution in [0.5, 0.6) is 0 Å². The normalized spacial score (nSPS) is 24.4. The van der Waals surface area contributed by atoms with Crippen molar-refractivity contribution in [2.75, 3.05) is 65.6 Å². The van der Waals surface area contributed by atoms with Gasteiger partial charge >= 0.3 is 0 Å². The minimum atomic E-state index is 0.150. The number of ether oxygens (including phenoxy) is 1. The molecular formula is C22H36N4O2S. The van der Waals surface area contributed by atoms with Crippen LogP contribution in [0.3, 0.4) is 0 Å². The van der Waals surface area contributed by atoms with Gasteiger partial charge in [0.1, 0.15) is 0 Å². The van der Waals surface area contributed by atoms with Gasteiger partial charge in [-0.25, -0.2) is 0 Å². The maximum Gasteiger partial charge on any atom is 0.234 e. The summed E-state index contributed by atoms with van der Waals surface area (Å²) in [6, 6.07) is 4.33. The molecule has 1 amide bonds. The van der Waals surface area contributed by atoms with Crippen LogP contribution >= 0.6 is 11.3 Å². The predicted molar refractivity (Wildman–Crippen MR) is 117 cm³/mol. The minimum Gasteiger partial charge on any atom is -0.379 e. The molecule has 0 atom stereocenters. The number of amides is 1. The molecular weight excluding hydrogens is 384 g/mol. The molecule has 29 heavy (non-hydrogen) atoms. The molecule has 0 radical (unpaired) electrons. The van der Waals surface area contributed by atoms with Gasteiger partial charge in [-0.3, -0.25) is 19.5 Å². The standard InChI is InChI=1S/C22H36N4O2S/c27-21(18-25-10-8-24(9-11-25)17-20-5-4-16-29-20)23-19-22(6-2-1-3-7-22)26-12-14-28-15-13-26/h4-5,16H,1-3,6-15,17-19H2,(H,23,27). The van der Waals surface area contributed by atoms with Crippen molar-refractivity contribution in [3.63, 3.8) is 0 Å². The molecule has 162 valence electrons. The molecule has 3 aliphatic rings.